The van der Waals surface area contributed by atoms with Crippen molar-refractivity contribution in [3.05, 3.63) is 41.1 Å². The Morgan fingerprint density at radius 2 is 1.81 bits per heavy atom. The molecule has 0 saturated carbocycles. The fraction of sp³-hybridized carbons (Fsp3) is 0.500. The van der Waals surface area contributed by atoms with Crippen molar-refractivity contribution < 1.29 is 4.79 Å². The number of hydrogen-bond donors (Lipinski definition) is 1. The van der Waals surface area contributed by atoms with Crippen molar-refractivity contribution in [2.24, 2.45) is 0 Å². The molecule has 0 atom stereocenters. The number of nitrogens with one attached hydrogen (secondary N) is 1. The Morgan fingerprint density at radius 3 is 2.46 bits per heavy atom. The number of nitrogens with zero attached hydrogens (tertiary/aromatic N) is 4. The molecule has 140 valence electrons. The largest absolute Gasteiger partial charge is 0.348 e. The summed E-state index contributed by atoms with van der Waals surface area (Å²) in [5.74, 6) is 0.172. The SMILES string of the molecule is Cc1ccc(-c2[nH]ncc2CN2CCN(CC(=O)N(C)C)CC2)cc1C. The molecule has 3 rings (SSSR count). The zero-order valence-corrected chi connectivity index (χ0v) is 16.2. The van der Waals surface area contributed by atoms with E-state index in [4.69, 9.17) is 0 Å². The van der Waals surface area contributed by atoms with Gasteiger partial charge in [0.15, 0.2) is 0 Å². The number of H-pyrrole nitrogens is 1. The minimum absolute atomic E-state index is 0.172. The lowest BCUT2D eigenvalue weighted by molar-refractivity contribution is -0.130. The number of aryl methyl sites for hydroxylation is 2. The third kappa shape index (κ3) is 4.31. The summed E-state index contributed by atoms with van der Waals surface area (Å²) in [4.78, 5) is 18.2. The number of carbonyl (C=O) groups excluding carboxylic acids is 1. The second kappa shape index (κ2) is 8.01. The number of aromatic nitrogens is 2. The molecule has 1 saturated heterocycles. The van der Waals surface area contributed by atoms with Gasteiger partial charge in [0.1, 0.15) is 0 Å². The van der Waals surface area contributed by atoms with Crippen molar-refractivity contribution in [2.45, 2.75) is 20.4 Å². The van der Waals surface area contributed by atoms with Gasteiger partial charge in [-0.25, -0.2) is 0 Å². The Kier molecular flexibility index (Phi) is 5.74. The first kappa shape index (κ1) is 18.6. The zero-order valence-electron chi connectivity index (χ0n) is 16.2. The van der Waals surface area contributed by atoms with Crippen LogP contribution >= 0.6 is 0 Å². The molecule has 6 nitrogen and oxygen atoms in total. The molecule has 0 spiro atoms. The number of hydrogen-bond acceptors (Lipinski definition) is 4. The second-order valence-corrected chi connectivity index (χ2v) is 7.41. The van der Waals surface area contributed by atoms with Crippen LogP contribution in [0.4, 0.5) is 0 Å². The molecule has 1 aliphatic rings. The fourth-order valence-electron chi connectivity index (χ4n) is 3.26. The normalized spacial score (nSPS) is 16.0. The van der Waals surface area contributed by atoms with E-state index in [2.05, 4.69) is 52.0 Å². The Labute approximate surface area is 155 Å². The van der Waals surface area contributed by atoms with Crippen LogP contribution in [0.25, 0.3) is 11.3 Å². The first-order valence-corrected chi connectivity index (χ1v) is 9.19. The van der Waals surface area contributed by atoms with Crippen molar-refractivity contribution in [3.63, 3.8) is 0 Å². The Hall–Kier alpha value is -2.18. The van der Waals surface area contributed by atoms with E-state index in [0.29, 0.717) is 6.54 Å². The van der Waals surface area contributed by atoms with E-state index in [1.807, 2.05) is 20.3 Å². The lowest BCUT2D eigenvalue weighted by Gasteiger charge is -2.34. The van der Waals surface area contributed by atoms with Crippen LogP contribution in [-0.2, 0) is 11.3 Å². The molecule has 0 radical (unpaired) electrons. The standard InChI is InChI=1S/C20H29N5O/c1-15-5-6-17(11-16(15)2)20-18(12-21-22-20)13-24-7-9-25(10-8-24)14-19(26)23(3)4/h5-6,11-12H,7-10,13-14H2,1-4H3,(H,21,22). The maximum Gasteiger partial charge on any atom is 0.236 e. The Bertz CT molecular complexity index is 759. The van der Waals surface area contributed by atoms with E-state index < -0.39 is 0 Å². The van der Waals surface area contributed by atoms with Gasteiger partial charge in [-0.2, -0.15) is 5.10 Å². The van der Waals surface area contributed by atoms with Crippen LogP contribution in [0.15, 0.2) is 24.4 Å². The number of carbonyl (C=O) groups is 1. The van der Waals surface area contributed by atoms with Gasteiger partial charge < -0.3 is 4.90 Å². The summed E-state index contributed by atoms with van der Waals surface area (Å²) in [6.45, 7) is 9.47. The monoisotopic (exact) mass is 355 g/mol. The molecular weight excluding hydrogens is 326 g/mol. The van der Waals surface area contributed by atoms with E-state index >= 15 is 0 Å². The van der Waals surface area contributed by atoms with Gasteiger partial charge in [-0.05, 0) is 31.0 Å². The average molecular weight is 355 g/mol. The first-order valence-electron chi connectivity index (χ1n) is 9.19. The van der Waals surface area contributed by atoms with Gasteiger partial charge in [0, 0.05) is 57.9 Å². The van der Waals surface area contributed by atoms with E-state index in [1.165, 1.54) is 22.3 Å². The summed E-state index contributed by atoms with van der Waals surface area (Å²) in [5, 5.41) is 7.45. The number of aromatic amines is 1. The minimum Gasteiger partial charge on any atom is -0.348 e. The molecule has 2 aromatic rings. The van der Waals surface area contributed by atoms with Crippen LogP contribution in [0, 0.1) is 13.8 Å². The van der Waals surface area contributed by atoms with E-state index in [9.17, 15) is 4.79 Å². The van der Waals surface area contributed by atoms with Gasteiger partial charge in [0.2, 0.25) is 5.91 Å². The molecule has 1 aromatic carbocycles. The molecule has 2 heterocycles. The summed E-state index contributed by atoms with van der Waals surface area (Å²) in [6, 6.07) is 6.54. The minimum atomic E-state index is 0.172. The molecular formula is C20H29N5O. The molecule has 26 heavy (non-hydrogen) atoms. The van der Waals surface area contributed by atoms with E-state index in [1.54, 1.807) is 4.90 Å². The smallest absolute Gasteiger partial charge is 0.236 e. The summed E-state index contributed by atoms with van der Waals surface area (Å²) in [7, 11) is 3.62. The van der Waals surface area contributed by atoms with Crippen molar-refractivity contribution in [1.29, 1.82) is 0 Å². The molecule has 0 aliphatic carbocycles. The molecule has 1 amide bonds. The number of benzene rings is 1. The number of rotatable bonds is 5. The van der Waals surface area contributed by atoms with Crippen LogP contribution in [0.5, 0.6) is 0 Å². The van der Waals surface area contributed by atoms with Gasteiger partial charge in [-0.15, -0.1) is 0 Å². The highest BCUT2D eigenvalue weighted by Crippen LogP contribution is 2.24. The summed E-state index contributed by atoms with van der Waals surface area (Å²) in [5.41, 5.74) is 6.13. The van der Waals surface area contributed by atoms with Crippen LogP contribution in [0.2, 0.25) is 0 Å². The number of piperazine rings is 1. The van der Waals surface area contributed by atoms with Crippen molar-refractivity contribution in [1.82, 2.24) is 24.9 Å². The maximum absolute atomic E-state index is 11.9. The molecule has 0 bridgehead atoms. The fourth-order valence-corrected chi connectivity index (χ4v) is 3.26. The number of amides is 1. The van der Waals surface area contributed by atoms with Crippen molar-refractivity contribution in [3.8, 4) is 11.3 Å². The first-order chi connectivity index (χ1) is 12.4. The molecule has 1 N–H and O–H groups in total. The van der Waals surface area contributed by atoms with Crippen molar-refractivity contribution >= 4 is 5.91 Å². The lowest BCUT2D eigenvalue weighted by atomic mass is 10.0. The van der Waals surface area contributed by atoms with Crippen LogP contribution < -0.4 is 0 Å². The zero-order chi connectivity index (χ0) is 18.7. The quantitative estimate of drug-likeness (QED) is 0.890. The van der Waals surface area contributed by atoms with E-state index in [0.717, 1.165) is 38.4 Å². The maximum atomic E-state index is 11.9. The predicted molar refractivity (Wildman–Crippen MR) is 104 cm³/mol. The molecule has 0 unspecified atom stereocenters. The van der Waals surface area contributed by atoms with Crippen LogP contribution in [0.3, 0.4) is 0 Å². The predicted octanol–water partition coefficient (Wildman–Crippen LogP) is 1.90. The van der Waals surface area contributed by atoms with Crippen LogP contribution in [-0.4, -0.2) is 77.6 Å². The Balaban J connectivity index is 1.60. The van der Waals surface area contributed by atoms with Gasteiger partial charge in [0.05, 0.1) is 18.4 Å². The summed E-state index contributed by atoms with van der Waals surface area (Å²) in [6.07, 6.45) is 1.94. The third-order valence-corrected chi connectivity index (χ3v) is 5.23. The van der Waals surface area contributed by atoms with Gasteiger partial charge in [-0.1, -0.05) is 12.1 Å². The van der Waals surface area contributed by atoms with E-state index in [-0.39, 0.29) is 5.91 Å². The average Bonchev–Trinajstić information content (AvgIpc) is 3.07. The topological polar surface area (TPSA) is 55.5 Å². The highest BCUT2D eigenvalue weighted by atomic mass is 16.2. The highest BCUT2D eigenvalue weighted by Gasteiger charge is 2.21. The van der Waals surface area contributed by atoms with Crippen LogP contribution in [0.1, 0.15) is 16.7 Å². The molecule has 1 aliphatic heterocycles. The summed E-state index contributed by atoms with van der Waals surface area (Å²) >= 11 is 0. The van der Waals surface area contributed by atoms with Gasteiger partial charge in [-0.3, -0.25) is 19.7 Å². The lowest BCUT2D eigenvalue weighted by Crippen LogP contribution is -2.48. The molecule has 1 aromatic heterocycles. The number of likely N-dealkylation sites (N-methyl/N-ethyl adjacent to an activating group) is 1. The van der Waals surface area contributed by atoms with Gasteiger partial charge >= 0.3 is 0 Å². The molecule has 1 fully saturated rings. The Morgan fingerprint density at radius 1 is 1.12 bits per heavy atom. The molecule has 6 heteroatoms. The van der Waals surface area contributed by atoms with Gasteiger partial charge in [0.25, 0.3) is 0 Å². The second-order valence-electron chi connectivity index (χ2n) is 7.41. The van der Waals surface area contributed by atoms with Crippen molar-refractivity contribution in [2.75, 3.05) is 46.8 Å². The summed E-state index contributed by atoms with van der Waals surface area (Å²) < 4.78 is 0. The highest BCUT2D eigenvalue weighted by molar-refractivity contribution is 5.77. The third-order valence-electron chi connectivity index (χ3n) is 5.23.